The van der Waals surface area contributed by atoms with Gasteiger partial charge in [0.05, 0.1) is 6.61 Å². The average Bonchev–Trinajstić information content (AvgIpc) is 2.84. The van der Waals surface area contributed by atoms with E-state index >= 15 is 0 Å². The molecule has 0 atom stereocenters. The minimum Gasteiger partial charge on any atom is -0.494 e. The second kappa shape index (κ2) is 11.7. The summed E-state index contributed by atoms with van der Waals surface area (Å²) in [4.78, 5) is 20.8. The van der Waals surface area contributed by atoms with Gasteiger partial charge in [-0.15, -0.1) is 0 Å². The van der Waals surface area contributed by atoms with E-state index in [0.29, 0.717) is 0 Å². The molecule has 0 aromatic heterocycles. The molecule has 1 heterocycles. The summed E-state index contributed by atoms with van der Waals surface area (Å²) in [6.07, 6.45) is 6.62. The molecule has 7 heteroatoms. The number of carboxylic acids is 2. The highest BCUT2D eigenvalue weighted by Gasteiger charge is 2.08. The van der Waals surface area contributed by atoms with Crippen molar-refractivity contribution < 1.29 is 24.5 Å². The molecule has 1 aliphatic heterocycles. The van der Waals surface area contributed by atoms with Crippen LogP contribution < -0.4 is 4.74 Å². The Kier molecular flexibility index (Phi) is 9.96. The monoisotopic (exact) mass is 371 g/mol. The van der Waals surface area contributed by atoms with E-state index < -0.39 is 11.9 Å². The maximum atomic E-state index is 9.10. The molecule has 1 fully saturated rings. The lowest BCUT2D eigenvalue weighted by molar-refractivity contribution is -0.159. The van der Waals surface area contributed by atoms with Crippen LogP contribution in [0, 0.1) is 6.92 Å². The van der Waals surface area contributed by atoms with Gasteiger partial charge in [0.2, 0.25) is 0 Å². The van der Waals surface area contributed by atoms with Crippen LogP contribution in [-0.2, 0) is 9.59 Å². The summed E-state index contributed by atoms with van der Waals surface area (Å²) in [5.74, 6) is -2.72. The summed E-state index contributed by atoms with van der Waals surface area (Å²) in [6.45, 7) is 6.48. The molecule has 0 aliphatic carbocycles. The van der Waals surface area contributed by atoms with Crippen LogP contribution in [0.15, 0.2) is 18.2 Å². The summed E-state index contributed by atoms with van der Waals surface area (Å²) in [6, 6.07) is 5.86. The Morgan fingerprint density at radius 2 is 1.72 bits per heavy atom. The average molecular weight is 372 g/mol. The van der Waals surface area contributed by atoms with Gasteiger partial charge in [-0.1, -0.05) is 24.4 Å². The fourth-order valence-corrected chi connectivity index (χ4v) is 2.66. The Morgan fingerprint density at radius 3 is 2.24 bits per heavy atom. The van der Waals surface area contributed by atoms with E-state index in [2.05, 4.69) is 4.90 Å². The first-order valence-electron chi connectivity index (χ1n) is 8.47. The van der Waals surface area contributed by atoms with Crippen LogP contribution >= 0.6 is 11.6 Å². The molecular weight excluding hydrogens is 346 g/mol. The SMILES string of the molecule is Cc1cc(OCCCN2CCCCCC2)ccc1Cl.O=C(O)C(=O)O. The number of halogens is 1. The Hall–Kier alpha value is -1.79. The van der Waals surface area contributed by atoms with Crippen LogP contribution in [0.5, 0.6) is 5.75 Å². The summed E-state index contributed by atoms with van der Waals surface area (Å²) < 4.78 is 5.78. The number of rotatable bonds is 5. The lowest BCUT2D eigenvalue weighted by atomic mass is 10.2. The number of carbonyl (C=O) groups is 2. The van der Waals surface area contributed by atoms with E-state index in [9.17, 15) is 0 Å². The first-order chi connectivity index (χ1) is 11.9. The second-order valence-electron chi connectivity index (χ2n) is 5.98. The number of ether oxygens (including phenoxy) is 1. The molecule has 1 aromatic rings. The van der Waals surface area contributed by atoms with Crippen LogP contribution in [0.25, 0.3) is 0 Å². The van der Waals surface area contributed by atoms with Gasteiger partial charge in [-0.25, -0.2) is 9.59 Å². The van der Waals surface area contributed by atoms with Crippen molar-refractivity contribution in [1.82, 2.24) is 4.90 Å². The van der Waals surface area contributed by atoms with Gasteiger partial charge in [-0.2, -0.15) is 0 Å². The molecular formula is C18H26ClNO5. The number of benzene rings is 1. The molecule has 0 amide bonds. The smallest absolute Gasteiger partial charge is 0.414 e. The van der Waals surface area contributed by atoms with Crippen LogP contribution in [0.3, 0.4) is 0 Å². The van der Waals surface area contributed by atoms with Crippen LogP contribution in [0.1, 0.15) is 37.7 Å². The van der Waals surface area contributed by atoms with Gasteiger partial charge >= 0.3 is 11.9 Å². The molecule has 6 nitrogen and oxygen atoms in total. The third kappa shape index (κ3) is 9.31. The van der Waals surface area contributed by atoms with Crippen LogP contribution in [0.2, 0.25) is 5.02 Å². The topological polar surface area (TPSA) is 87.1 Å². The van der Waals surface area contributed by atoms with Gasteiger partial charge < -0.3 is 19.8 Å². The van der Waals surface area contributed by atoms with Crippen molar-refractivity contribution in [3.05, 3.63) is 28.8 Å². The normalized spacial score (nSPS) is 14.8. The molecule has 1 saturated heterocycles. The number of hydrogen-bond acceptors (Lipinski definition) is 4. The van der Waals surface area contributed by atoms with Crippen LogP contribution in [0.4, 0.5) is 0 Å². The minimum atomic E-state index is -1.82. The van der Waals surface area contributed by atoms with Crippen molar-refractivity contribution in [2.45, 2.75) is 39.0 Å². The van der Waals surface area contributed by atoms with Gasteiger partial charge in [0.25, 0.3) is 0 Å². The fourth-order valence-electron chi connectivity index (χ4n) is 2.54. The van der Waals surface area contributed by atoms with E-state index in [1.807, 2.05) is 25.1 Å². The summed E-state index contributed by atoms with van der Waals surface area (Å²) in [7, 11) is 0. The van der Waals surface area contributed by atoms with Gasteiger partial charge in [0.15, 0.2) is 0 Å². The highest BCUT2D eigenvalue weighted by atomic mass is 35.5. The van der Waals surface area contributed by atoms with E-state index in [4.69, 9.17) is 36.1 Å². The van der Waals surface area contributed by atoms with Crippen molar-refractivity contribution in [3.8, 4) is 5.75 Å². The lowest BCUT2D eigenvalue weighted by Gasteiger charge is -2.19. The Balaban J connectivity index is 0.000000450. The van der Waals surface area contributed by atoms with Crippen LogP contribution in [-0.4, -0.2) is 53.3 Å². The lowest BCUT2D eigenvalue weighted by Crippen LogP contribution is -2.26. The van der Waals surface area contributed by atoms with E-state index in [-0.39, 0.29) is 0 Å². The van der Waals surface area contributed by atoms with Crippen molar-refractivity contribution in [2.24, 2.45) is 0 Å². The zero-order valence-electron chi connectivity index (χ0n) is 14.5. The molecule has 0 spiro atoms. The van der Waals surface area contributed by atoms with Gasteiger partial charge in [-0.05, 0) is 63.0 Å². The molecule has 0 unspecified atom stereocenters. The summed E-state index contributed by atoms with van der Waals surface area (Å²) >= 11 is 6.00. The van der Waals surface area contributed by atoms with Crippen molar-refractivity contribution in [1.29, 1.82) is 0 Å². The standard InChI is InChI=1S/C16H24ClNO.C2H2O4/c1-14-13-15(7-8-16(14)17)19-12-6-11-18-9-4-2-3-5-10-18;3-1(4)2(5)6/h7-8,13H,2-6,9-12H2,1H3;(H,3,4)(H,5,6). The van der Waals surface area contributed by atoms with Gasteiger partial charge in [-0.3, -0.25) is 0 Å². The first kappa shape index (κ1) is 21.3. The molecule has 2 rings (SSSR count). The van der Waals surface area contributed by atoms with E-state index in [0.717, 1.165) is 35.9 Å². The zero-order valence-corrected chi connectivity index (χ0v) is 15.3. The highest BCUT2D eigenvalue weighted by Crippen LogP contribution is 2.21. The third-order valence-electron chi connectivity index (χ3n) is 3.90. The van der Waals surface area contributed by atoms with Gasteiger partial charge in [0.1, 0.15) is 5.75 Å². The molecule has 1 aromatic carbocycles. The van der Waals surface area contributed by atoms with Crippen molar-refractivity contribution in [3.63, 3.8) is 0 Å². The number of carboxylic acid groups (broad SMARTS) is 2. The molecule has 0 radical (unpaired) electrons. The number of aryl methyl sites for hydroxylation is 1. The Bertz CT molecular complexity index is 544. The predicted octanol–water partition coefficient (Wildman–Crippen LogP) is 3.45. The summed E-state index contributed by atoms with van der Waals surface area (Å²) in [5.41, 5.74) is 1.08. The number of hydrogen-bond donors (Lipinski definition) is 2. The first-order valence-corrected chi connectivity index (χ1v) is 8.85. The molecule has 0 bridgehead atoms. The summed E-state index contributed by atoms with van der Waals surface area (Å²) in [5, 5.41) is 15.6. The predicted molar refractivity (Wildman–Crippen MR) is 96.5 cm³/mol. The van der Waals surface area contributed by atoms with Gasteiger partial charge in [0, 0.05) is 11.6 Å². The maximum absolute atomic E-state index is 9.10. The molecule has 2 N–H and O–H groups in total. The Morgan fingerprint density at radius 1 is 1.12 bits per heavy atom. The number of nitrogens with zero attached hydrogens (tertiary/aromatic N) is 1. The highest BCUT2D eigenvalue weighted by molar-refractivity contribution is 6.31. The quantitative estimate of drug-likeness (QED) is 0.609. The van der Waals surface area contributed by atoms with Crippen molar-refractivity contribution in [2.75, 3.05) is 26.2 Å². The minimum absolute atomic E-state index is 0.789. The van der Waals surface area contributed by atoms with E-state index in [1.165, 1.54) is 38.8 Å². The Labute approximate surface area is 153 Å². The molecule has 0 saturated carbocycles. The largest absolute Gasteiger partial charge is 0.494 e. The van der Waals surface area contributed by atoms with Crippen molar-refractivity contribution >= 4 is 23.5 Å². The molecule has 1 aliphatic rings. The third-order valence-corrected chi connectivity index (χ3v) is 4.32. The van der Waals surface area contributed by atoms with E-state index in [1.54, 1.807) is 0 Å². The number of aliphatic carboxylic acids is 2. The zero-order chi connectivity index (χ0) is 18.7. The molecule has 140 valence electrons. The number of likely N-dealkylation sites (tertiary alicyclic amines) is 1. The maximum Gasteiger partial charge on any atom is 0.414 e. The second-order valence-corrected chi connectivity index (χ2v) is 6.39. The molecule has 25 heavy (non-hydrogen) atoms. The fraction of sp³-hybridized carbons (Fsp3) is 0.556.